The molecule has 6 nitrogen and oxygen atoms in total. The number of fused-ring (bicyclic) bond motifs is 1. The van der Waals surface area contributed by atoms with E-state index in [2.05, 4.69) is 22.9 Å². The molecule has 0 aliphatic carbocycles. The molecule has 2 aliphatic rings. The Hall–Kier alpha value is -1.63. The summed E-state index contributed by atoms with van der Waals surface area (Å²) in [4.78, 5) is 19.1. The molecule has 2 aliphatic heterocycles. The number of carbonyl (C=O) groups is 1. The molecular weight excluding hydrogens is 318 g/mol. The standard InChI is InChI=1S/C19H29N3O3/c1-20(2)9-15-7-14(5-6-17(15)23)8-22-11-16-10-21(3)12-19(16,13-22)18(24)25-4/h5-7,16,23H,8-13H2,1-4H3/t16-,19-/m1/s1. The number of hydrogen-bond donors (Lipinski definition) is 1. The lowest BCUT2D eigenvalue weighted by molar-refractivity contribution is -0.152. The zero-order valence-corrected chi connectivity index (χ0v) is 15.7. The van der Waals surface area contributed by atoms with E-state index in [0.29, 0.717) is 18.2 Å². The number of hydrogen-bond acceptors (Lipinski definition) is 6. The summed E-state index contributed by atoms with van der Waals surface area (Å²) in [5, 5.41) is 10.0. The zero-order chi connectivity index (χ0) is 18.2. The van der Waals surface area contributed by atoms with Crippen molar-refractivity contribution in [3.63, 3.8) is 0 Å². The van der Waals surface area contributed by atoms with Crippen LogP contribution in [0.3, 0.4) is 0 Å². The molecule has 2 atom stereocenters. The smallest absolute Gasteiger partial charge is 0.314 e. The molecule has 0 radical (unpaired) electrons. The second-order valence-corrected chi connectivity index (χ2v) is 7.91. The van der Waals surface area contributed by atoms with E-state index in [0.717, 1.165) is 38.3 Å². The number of carbonyl (C=O) groups excluding carboxylic acids is 1. The van der Waals surface area contributed by atoms with Crippen LogP contribution in [0.1, 0.15) is 11.1 Å². The molecule has 2 fully saturated rings. The van der Waals surface area contributed by atoms with Gasteiger partial charge in [0, 0.05) is 50.7 Å². The molecule has 3 rings (SSSR count). The lowest BCUT2D eigenvalue weighted by Gasteiger charge is -2.26. The molecular formula is C19H29N3O3. The van der Waals surface area contributed by atoms with Crippen molar-refractivity contribution in [3.8, 4) is 5.75 Å². The average molecular weight is 347 g/mol. The van der Waals surface area contributed by atoms with Gasteiger partial charge in [0.05, 0.1) is 12.5 Å². The van der Waals surface area contributed by atoms with Gasteiger partial charge in [0.15, 0.2) is 0 Å². The van der Waals surface area contributed by atoms with Crippen LogP contribution in [0.2, 0.25) is 0 Å². The molecule has 25 heavy (non-hydrogen) atoms. The molecule has 0 unspecified atom stereocenters. The number of aromatic hydroxyl groups is 1. The summed E-state index contributed by atoms with van der Waals surface area (Å²) in [6.07, 6.45) is 0. The maximum absolute atomic E-state index is 12.5. The third-order valence-corrected chi connectivity index (χ3v) is 5.48. The first-order valence-corrected chi connectivity index (χ1v) is 8.79. The molecule has 2 heterocycles. The van der Waals surface area contributed by atoms with Crippen LogP contribution in [0.4, 0.5) is 0 Å². The molecule has 6 heteroatoms. The van der Waals surface area contributed by atoms with Crippen LogP contribution < -0.4 is 0 Å². The largest absolute Gasteiger partial charge is 0.508 e. The molecule has 0 amide bonds. The van der Waals surface area contributed by atoms with Crippen LogP contribution >= 0.6 is 0 Å². The minimum Gasteiger partial charge on any atom is -0.508 e. The molecule has 1 aromatic carbocycles. The van der Waals surface area contributed by atoms with Gasteiger partial charge in [0.25, 0.3) is 0 Å². The number of benzene rings is 1. The third-order valence-electron chi connectivity index (χ3n) is 5.48. The molecule has 138 valence electrons. The quantitative estimate of drug-likeness (QED) is 0.802. The van der Waals surface area contributed by atoms with Crippen LogP contribution in [0.5, 0.6) is 5.75 Å². The van der Waals surface area contributed by atoms with Crippen LogP contribution in [0.25, 0.3) is 0 Å². The van der Waals surface area contributed by atoms with E-state index >= 15 is 0 Å². The van der Waals surface area contributed by atoms with Gasteiger partial charge in [-0.2, -0.15) is 0 Å². The van der Waals surface area contributed by atoms with E-state index < -0.39 is 5.41 Å². The number of ether oxygens (including phenoxy) is 1. The highest BCUT2D eigenvalue weighted by Gasteiger charge is 2.57. The molecule has 0 aromatic heterocycles. The fourth-order valence-corrected chi connectivity index (χ4v) is 4.50. The van der Waals surface area contributed by atoms with Gasteiger partial charge < -0.3 is 19.6 Å². The average Bonchev–Trinajstić information content (AvgIpc) is 3.02. The van der Waals surface area contributed by atoms with Crippen molar-refractivity contribution in [2.45, 2.75) is 13.1 Å². The molecule has 0 bridgehead atoms. The number of nitrogens with zero attached hydrogens (tertiary/aromatic N) is 3. The fraction of sp³-hybridized carbons (Fsp3) is 0.632. The van der Waals surface area contributed by atoms with E-state index in [1.807, 2.05) is 25.1 Å². The SMILES string of the molecule is COC(=O)[C@@]12CN(C)C[C@@H]1CN(Cc1ccc(O)c(CN(C)C)c1)C2. The van der Waals surface area contributed by atoms with Crippen molar-refractivity contribution in [1.82, 2.24) is 14.7 Å². The predicted molar refractivity (Wildman–Crippen MR) is 96.2 cm³/mol. The number of esters is 1. The normalized spacial score (nSPS) is 27.0. The lowest BCUT2D eigenvalue weighted by atomic mass is 9.81. The summed E-state index contributed by atoms with van der Waals surface area (Å²) in [5.41, 5.74) is 1.71. The second kappa shape index (κ2) is 6.94. The minimum absolute atomic E-state index is 0.0802. The summed E-state index contributed by atoms with van der Waals surface area (Å²) in [7, 11) is 7.54. The van der Waals surface area contributed by atoms with Gasteiger partial charge in [-0.3, -0.25) is 9.69 Å². The summed E-state index contributed by atoms with van der Waals surface area (Å²) < 4.78 is 5.13. The van der Waals surface area contributed by atoms with Crippen LogP contribution in [-0.2, 0) is 22.6 Å². The van der Waals surface area contributed by atoms with Crippen molar-refractivity contribution in [1.29, 1.82) is 0 Å². The highest BCUT2D eigenvalue weighted by Crippen LogP contribution is 2.43. The Morgan fingerprint density at radius 2 is 2.12 bits per heavy atom. The van der Waals surface area contributed by atoms with Gasteiger partial charge in [0.1, 0.15) is 5.75 Å². The van der Waals surface area contributed by atoms with Crippen molar-refractivity contribution in [3.05, 3.63) is 29.3 Å². The van der Waals surface area contributed by atoms with Crippen molar-refractivity contribution >= 4 is 5.97 Å². The van der Waals surface area contributed by atoms with Gasteiger partial charge in [-0.05, 0) is 38.8 Å². The number of likely N-dealkylation sites (tertiary alicyclic amines) is 2. The van der Waals surface area contributed by atoms with Gasteiger partial charge in [0.2, 0.25) is 0 Å². The minimum atomic E-state index is -0.396. The van der Waals surface area contributed by atoms with Gasteiger partial charge in [-0.1, -0.05) is 6.07 Å². The van der Waals surface area contributed by atoms with Crippen molar-refractivity contribution in [2.75, 3.05) is 54.4 Å². The molecule has 0 saturated carbocycles. The lowest BCUT2D eigenvalue weighted by Crippen LogP contribution is -2.41. The Bertz CT molecular complexity index is 649. The second-order valence-electron chi connectivity index (χ2n) is 7.91. The topological polar surface area (TPSA) is 56.3 Å². The van der Waals surface area contributed by atoms with Crippen molar-refractivity contribution in [2.24, 2.45) is 11.3 Å². The molecule has 0 spiro atoms. The number of rotatable bonds is 5. The van der Waals surface area contributed by atoms with Gasteiger partial charge in [-0.15, -0.1) is 0 Å². The van der Waals surface area contributed by atoms with Gasteiger partial charge in [-0.25, -0.2) is 0 Å². The van der Waals surface area contributed by atoms with E-state index in [9.17, 15) is 9.90 Å². The highest BCUT2D eigenvalue weighted by atomic mass is 16.5. The van der Waals surface area contributed by atoms with Crippen molar-refractivity contribution < 1.29 is 14.6 Å². The molecule has 1 N–H and O–H groups in total. The predicted octanol–water partition coefficient (Wildman–Crippen LogP) is 0.990. The highest BCUT2D eigenvalue weighted by molar-refractivity contribution is 5.79. The number of methoxy groups -OCH3 is 1. The van der Waals surface area contributed by atoms with Crippen LogP contribution in [0.15, 0.2) is 18.2 Å². The number of phenols is 1. The molecule has 1 aromatic rings. The Morgan fingerprint density at radius 3 is 2.80 bits per heavy atom. The first-order valence-electron chi connectivity index (χ1n) is 8.79. The maximum atomic E-state index is 12.5. The summed E-state index contributed by atoms with van der Waals surface area (Å²) >= 11 is 0. The van der Waals surface area contributed by atoms with E-state index in [1.54, 1.807) is 6.07 Å². The fourth-order valence-electron chi connectivity index (χ4n) is 4.50. The maximum Gasteiger partial charge on any atom is 0.314 e. The van der Waals surface area contributed by atoms with E-state index in [1.165, 1.54) is 12.7 Å². The summed E-state index contributed by atoms with van der Waals surface area (Å²) in [6.45, 7) is 4.84. The van der Waals surface area contributed by atoms with E-state index in [4.69, 9.17) is 4.74 Å². The summed E-state index contributed by atoms with van der Waals surface area (Å²) in [6, 6.07) is 5.81. The number of phenolic OH excluding ortho intramolecular Hbond substituents is 1. The third kappa shape index (κ3) is 3.52. The van der Waals surface area contributed by atoms with Crippen LogP contribution in [-0.4, -0.2) is 80.2 Å². The Balaban J connectivity index is 1.74. The summed E-state index contributed by atoms with van der Waals surface area (Å²) in [5.74, 6) is 0.579. The Morgan fingerprint density at radius 1 is 1.36 bits per heavy atom. The first kappa shape index (κ1) is 18.2. The van der Waals surface area contributed by atoms with Gasteiger partial charge >= 0.3 is 5.97 Å². The Labute approximate surface area is 150 Å². The van der Waals surface area contributed by atoms with Crippen LogP contribution in [0, 0.1) is 11.3 Å². The first-order chi connectivity index (χ1) is 11.8. The Kier molecular flexibility index (Phi) is 5.04. The zero-order valence-electron chi connectivity index (χ0n) is 15.7. The monoisotopic (exact) mass is 347 g/mol. The van der Waals surface area contributed by atoms with E-state index in [-0.39, 0.29) is 5.97 Å². The molecule has 2 saturated heterocycles.